The third-order valence-electron chi connectivity index (χ3n) is 5.25. The number of ether oxygens (including phenoxy) is 4. The van der Waals surface area contributed by atoms with E-state index >= 15 is 0 Å². The van der Waals surface area contributed by atoms with Crippen molar-refractivity contribution < 1.29 is 33.4 Å². The summed E-state index contributed by atoms with van der Waals surface area (Å²) >= 11 is 0. The van der Waals surface area contributed by atoms with Crippen LogP contribution in [0.25, 0.3) is 11.1 Å². The molecule has 4 rings (SSSR count). The normalized spacial score (nSPS) is 20.1. The van der Waals surface area contributed by atoms with Gasteiger partial charge in [-0.15, -0.1) is 0 Å². The zero-order chi connectivity index (χ0) is 21.8. The van der Waals surface area contributed by atoms with E-state index in [0.29, 0.717) is 6.61 Å². The minimum Gasteiger partial charge on any atom is -0.464 e. The molecule has 2 aromatic carbocycles. The first-order valence-electron chi connectivity index (χ1n) is 10.3. The van der Waals surface area contributed by atoms with Crippen LogP contribution >= 0.6 is 0 Å². The third kappa shape index (κ3) is 4.27. The highest BCUT2D eigenvalue weighted by Crippen LogP contribution is 2.44. The maximum absolute atomic E-state index is 12.9. The zero-order valence-electron chi connectivity index (χ0n) is 17.5. The van der Waals surface area contributed by atoms with Crippen molar-refractivity contribution in [3.8, 4) is 11.1 Å². The molecule has 1 fully saturated rings. The van der Waals surface area contributed by atoms with Crippen LogP contribution in [0.4, 0.5) is 4.79 Å². The van der Waals surface area contributed by atoms with Gasteiger partial charge in [0.15, 0.2) is 6.04 Å². The van der Waals surface area contributed by atoms with Crippen LogP contribution in [0.15, 0.2) is 48.5 Å². The Labute approximate surface area is 180 Å². The molecule has 31 heavy (non-hydrogen) atoms. The first kappa shape index (κ1) is 21.3. The Balaban J connectivity index is 1.50. The highest BCUT2D eigenvalue weighted by molar-refractivity contribution is 5.81. The van der Waals surface area contributed by atoms with Crippen molar-refractivity contribution in [3.63, 3.8) is 0 Å². The summed E-state index contributed by atoms with van der Waals surface area (Å²) in [5.74, 6) is -0.743. The number of carbonyl (C=O) groups is 2. The van der Waals surface area contributed by atoms with Gasteiger partial charge in [0.05, 0.1) is 13.2 Å². The number of esters is 1. The van der Waals surface area contributed by atoms with Crippen LogP contribution in [-0.2, 0) is 28.6 Å². The van der Waals surface area contributed by atoms with E-state index in [2.05, 4.69) is 12.1 Å². The number of hydrogen-bond acceptors (Lipinski definition) is 7. The van der Waals surface area contributed by atoms with Crippen molar-refractivity contribution in [2.75, 3.05) is 26.4 Å². The number of nitrogens with zero attached hydrogens (tertiary/aromatic N) is 1. The van der Waals surface area contributed by atoms with Crippen LogP contribution < -0.4 is 0 Å². The molecular weight excluding hydrogens is 402 g/mol. The van der Waals surface area contributed by atoms with Crippen molar-refractivity contribution in [3.05, 3.63) is 59.7 Å². The molecule has 0 spiro atoms. The van der Waals surface area contributed by atoms with Crippen molar-refractivity contribution >= 4 is 12.1 Å². The van der Waals surface area contributed by atoms with E-state index in [9.17, 15) is 9.59 Å². The fraction of sp³-hybridized carbons (Fsp3) is 0.391. The number of amides is 1. The number of hydroxylamine groups is 2. The van der Waals surface area contributed by atoms with Crippen LogP contribution in [0.2, 0.25) is 0 Å². The molecule has 1 saturated heterocycles. The summed E-state index contributed by atoms with van der Waals surface area (Å²) in [6.45, 7) is 2.81. The van der Waals surface area contributed by atoms with Crippen molar-refractivity contribution in [1.82, 2.24) is 5.06 Å². The highest BCUT2D eigenvalue weighted by Gasteiger charge is 2.41. The molecule has 0 aromatic heterocycles. The van der Waals surface area contributed by atoms with Gasteiger partial charge in [0.2, 0.25) is 0 Å². The van der Waals surface area contributed by atoms with E-state index in [0.717, 1.165) is 27.3 Å². The monoisotopic (exact) mass is 427 g/mol. The number of fused-ring (bicyclic) bond motifs is 3. The number of hydrogen-bond donors (Lipinski definition) is 0. The average Bonchev–Trinajstić information content (AvgIpc) is 3.11. The Morgan fingerprint density at radius 2 is 1.61 bits per heavy atom. The molecule has 0 saturated carbocycles. The Hall–Kier alpha value is -2.94. The quantitative estimate of drug-likeness (QED) is 0.653. The molecule has 164 valence electrons. The van der Waals surface area contributed by atoms with E-state index in [1.54, 1.807) is 13.8 Å². The lowest BCUT2D eigenvalue weighted by molar-refractivity contribution is -0.399. The third-order valence-corrected chi connectivity index (χ3v) is 5.25. The van der Waals surface area contributed by atoms with E-state index in [4.69, 9.17) is 23.8 Å². The molecule has 8 nitrogen and oxygen atoms in total. The van der Waals surface area contributed by atoms with Gasteiger partial charge in [-0.2, -0.15) is 5.06 Å². The van der Waals surface area contributed by atoms with Gasteiger partial charge in [0, 0.05) is 12.5 Å². The Kier molecular flexibility index (Phi) is 6.50. The van der Waals surface area contributed by atoms with Gasteiger partial charge in [-0.05, 0) is 36.1 Å². The molecule has 0 bridgehead atoms. The molecule has 0 N–H and O–H groups in total. The van der Waals surface area contributed by atoms with Crippen molar-refractivity contribution in [2.24, 2.45) is 0 Å². The molecule has 2 aromatic rings. The molecule has 1 aliphatic heterocycles. The predicted molar refractivity (Wildman–Crippen MR) is 110 cm³/mol. The van der Waals surface area contributed by atoms with E-state index in [-0.39, 0.29) is 25.7 Å². The van der Waals surface area contributed by atoms with Gasteiger partial charge >= 0.3 is 12.1 Å². The average molecular weight is 427 g/mol. The molecule has 8 heteroatoms. The molecular formula is C23H25NO7. The van der Waals surface area contributed by atoms with Gasteiger partial charge in [0.25, 0.3) is 6.48 Å². The topological polar surface area (TPSA) is 83.5 Å². The number of carbonyl (C=O) groups excluding carboxylic acids is 2. The van der Waals surface area contributed by atoms with Gasteiger partial charge in [-0.25, -0.2) is 14.4 Å². The van der Waals surface area contributed by atoms with E-state index < -0.39 is 24.6 Å². The van der Waals surface area contributed by atoms with Crippen LogP contribution in [0.1, 0.15) is 30.9 Å². The standard InChI is InChI=1S/C23H25NO7/c1-3-27-21(25)20-14-30-23(28-4-2)31-24(20)22(26)29-13-19-17-11-7-5-9-15(17)16-10-6-8-12-18(16)19/h5-12,19-20,23H,3-4,13-14H2,1-2H3/t20-,23?/m0/s1. The summed E-state index contributed by atoms with van der Waals surface area (Å²) in [5.41, 5.74) is 4.44. The zero-order valence-corrected chi connectivity index (χ0v) is 17.5. The first-order chi connectivity index (χ1) is 15.1. The van der Waals surface area contributed by atoms with Crippen LogP contribution in [0.3, 0.4) is 0 Å². The fourth-order valence-corrected chi connectivity index (χ4v) is 3.88. The molecule has 1 amide bonds. The van der Waals surface area contributed by atoms with Gasteiger partial charge in [0.1, 0.15) is 6.61 Å². The highest BCUT2D eigenvalue weighted by atomic mass is 16.9. The molecule has 2 atom stereocenters. The van der Waals surface area contributed by atoms with Gasteiger partial charge in [-0.3, -0.25) is 0 Å². The van der Waals surface area contributed by atoms with Crippen LogP contribution in [-0.4, -0.2) is 56.1 Å². The smallest absolute Gasteiger partial charge is 0.435 e. The second-order valence-electron chi connectivity index (χ2n) is 7.08. The minimum absolute atomic E-state index is 0.0996. The Morgan fingerprint density at radius 1 is 0.968 bits per heavy atom. The summed E-state index contributed by atoms with van der Waals surface area (Å²) < 4.78 is 21.3. The molecule has 2 aliphatic rings. The summed E-state index contributed by atoms with van der Waals surface area (Å²) in [6.07, 6.45) is -0.798. The maximum Gasteiger partial charge on any atom is 0.435 e. The molecule has 1 unspecified atom stereocenters. The molecule has 0 radical (unpaired) electrons. The number of rotatable bonds is 6. The van der Waals surface area contributed by atoms with Crippen molar-refractivity contribution in [1.29, 1.82) is 0 Å². The lowest BCUT2D eigenvalue weighted by Gasteiger charge is -2.35. The van der Waals surface area contributed by atoms with Crippen molar-refractivity contribution in [2.45, 2.75) is 32.3 Å². The summed E-state index contributed by atoms with van der Waals surface area (Å²) in [4.78, 5) is 30.6. The molecule has 1 heterocycles. The maximum atomic E-state index is 12.9. The Morgan fingerprint density at radius 3 is 2.23 bits per heavy atom. The second-order valence-corrected chi connectivity index (χ2v) is 7.08. The van der Waals surface area contributed by atoms with Crippen LogP contribution in [0.5, 0.6) is 0 Å². The summed E-state index contributed by atoms with van der Waals surface area (Å²) in [7, 11) is 0. The van der Waals surface area contributed by atoms with Crippen LogP contribution in [0, 0.1) is 0 Å². The minimum atomic E-state index is -1.10. The van der Waals surface area contributed by atoms with Gasteiger partial charge in [-0.1, -0.05) is 48.5 Å². The summed E-state index contributed by atoms with van der Waals surface area (Å²) in [6, 6.07) is 15.0. The van der Waals surface area contributed by atoms with E-state index in [1.807, 2.05) is 36.4 Å². The first-order valence-corrected chi connectivity index (χ1v) is 10.3. The fourth-order valence-electron chi connectivity index (χ4n) is 3.88. The molecule has 1 aliphatic carbocycles. The summed E-state index contributed by atoms with van der Waals surface area (Å²) in [5, 5.41) is 0.856. The Bertz CT molecular complexity index is 902. The largest absolute Gasteiger partial charge is 0.464 e. The predicted octanol–water partition coefficient (Wildman–Crippen LogP) is 3.45. The lowest BCUT2D eigenvalue weighted by Crippen LogP contribution is -2.55. The second kappa shape index (κ2) is 9.47. The lowest BCUT2D eigenvalue weighted by atomic mass is 9.98. The SMILES string of the molecule is CCOC(=O)[C@@H]1COC(OCC)ON1C(=O)OCC1c2ccccc2-c2ccccc21. The van der Waals surface area contributed by atoms with E-state index in [1.165, 1.54) is 0 Å². The number of benzene rings is 2. The van der Waals surface area contributed by atoms with Gasteiger partial charge < -0.3 is 18.9 Å².